The van der Waals surface area contributed by atoms with E-state index in [1.54, 1.807) is 6.92 Å². The third-order valence-electron chi connectivity index (χ3n) is 2.33. The van der Waals surface area contributed by atoms with E-state index in [4.69, 9.17) is 4.74 Å². The molecule has 0 aromatic rings. The molecule has 0 radical (unpaired) electrons. The van der Waals surface area contributed by atoms with E-state index in [0.717, 1.165) is 12.8 Å². The van der Waals surface area contributed by atoms with E-state index >= 15 is 0 Å². The second-order valence-corrected chi connectivity index (χ2v) is 3.27. The van der Waals surface area contributed by atoms with E-state index in [0.29, 0.717) is 6.42 Å². The van der Waals surface area contributed by atoms with Gasteiger partial charge in [0.05, 0.1) is 6.10 Å². The van der Waals surface area contributed by atoms with E-state index in [9.17, 15) is 4.39 Å². The number of hydrogen-bond donors (Lipinski definition) is 0. The quantitative estimate of drug-likeness (QED) is 0.454. The van der Waals surface area contributed by atoms with E-state index < -0.39 is 5.67 Å². The minimum absolute atomic E-state index is 0.0498. The summed E-state index contributed by atoms with van der Waals surface area (Å²) in [5.41, 5.74) is -1.01. The normalized spacial score (nSPS) is 56.7. The first-order valence-corrected chi connectivity index (χ1v) is 3.54. The van der Waals surface area contributed by atoms with Crippen molar-refractivity contribution in [1.29, 1.82) is 0 Å². The van der Waals surface area contributed by atoms with Crippen LogP contribution in [0.3, 0.4) is 0 Å². The Morgan fingerprint density at radius 2 is 2.44 bits per heavy atom. The summed E-state index contributed by atoms with van der Waals surface area (Å²) in [6.07, 6.45) is 2.98. The molecule has 0 bridgehead atoms. The van der Waals surface area contributed by atoms with E-state index in [1.807, 2.05) is 0 Å². The fourth-order valence-corrected chi connectivity index (χ4v) is 1.68. The van der Waals surface area contributed by atoms with Crippen LogP contribution >= 0.6 is 0 Å². The van der Waals surface area contributed by atoms with Gasteiger partial charge in [-0.1, -0.05) is 0 Å². The van der Waals surface area contributed by atoms with Crippen LogP contribution in [0.4, 0.5) is 4.39 Å². The van der Waals surface area contributed by atoms with Crippen LogP contribution in [0.25, 0.3) is 0 Å². The van der Waals surface area contributed by atoms with Gasteiger partial charge in [0.25, 0.3) is 0 Å². The van der Waals surface area contributed by atoms with Crippen LogP contribution in [0, 0.1) is 0 Å². The molecular formula is C7H11FO. The average molecular weight is 130 g/mol. The van der Waals surface area contributed by atoms with Gasteiger partial charge in [-0.25, -0.2) is 4.39 Å². The molecule has 1 aliphatic heterocycles. The van der Waals surface area contributed by atoms with Crippen LogP contribution in [0.15, 0.2) is 0 Å². The standard InChI is InChI=1S/C7H11FO/c1-7(8)4-2-3-5-6(7)9-5/h5-6H,2-4H2,1H3/t5-,6-,7?/m0/s1. The molecule has 1 unspecified atom stereocenters. The summed E-state index contributed by atoms with van der Waals surface area (Å²) < 4.78 is 18.3. The summed E-state index contributed by atoms with van der Waals surface area (Å²) >= 11 is 0. The van der Waals surface area contributed by atoms with Crippen molar-refractivity contribution in [1.82, 2.24) is 0 Å². The van der Waals surface area contributed by atoms with E-state index in [-0.39, 0.29) is 12.2 Å². The zero-order valence-corrected chi connectivity index (χ0v) is 5.56. The highest BCUT2D eigenvalue weighted by Gasteiger charge is 2.54. The van der Waals surface area contributed by atoms with Crippen molar-refractivity contribution in [2.75, 3.05) is 0 Å². The Morgan fingerprint density at radius 1 is 1.67 bits per heavy atom. The molecule has 52 valence electrons. The number of rotatable bonds is 0. The molecule has 0 spiro atoms. The van der Waals surface area contributed by atoms with Crippen LogP contribution in [0.1, 0.15) is 26.2 Å². The number of ether oxygens (including phenoxy) is 1. The monoisotopic (exact) mass is 130 g/mol. The highest BCUT2D eigenvalue weighted by Crippen LogP contribution is 2.45. The van der Waals surface area contributed by atoms with Gasteiger partial charge in [0.15, 0.2) is 0 Å². The zero-order valence-electron chi connectivity index (χ0n) is 5.56. The summed E-state index contributed by atoms with van der Waals surface area (Å²) in [7, 11) is 0. The van der Waals surface area contributed by atoms with Gasteiger partial charge in [-0.15, -0.1) is 0 Å². The van der Waals surface area contributed by atoms with Crippen molar-refractivity contribution in [3.63, 3.8) is 0 Å². The average Bonchev–Trinajstić information content (AvgIpc) is 2.43. The van der Waals surface area contributed by atoms with Gasteiger partial charge in [-0.3, -0.25) is 0 Å². The maximum atomic E-state index is 13.2. The summed E-state index contributed by atoms with van der Waals surface area (Å²) in [6, 6.07) is 0. The fourth-order valence-electron chi connectivity index (χ4n) is 1.68. The third kappa shape index (κ3) is 0.767. The van der Waals surface area contributed by atoms with Gasteiger partial charge >= 0.3 is 0 Å². The first kappa shape index (κ1) is 5.66. The Kier molecular flexibility index (Phi) is 0.933. The Bertz CT molecular complexity index is 133. The lowest BCUT2D eigenvalue weighted by Crippen LogP contribution is -2.30. The van der Waals surface area contributed by atoms with Crippen LogP contribution in [0.5, 0.6) is 0 Å². The van der Waals surface area contributed by atoms with Crippen LogP contribution in [-0.4, -0.2) is 17.9 Å². The lowest BCUT2D eigenvalue weighted by Gasteiger charge is -2.20. The summed E-state index contributed by atoms with van der Waals surface area (Å²) in [6.45, 7) is 1.65. The molecule has 1 saturated carbocycles. The first-order chi connectivity index (χ1) is 4.20. The predicted octanol–water partition coefficient (Wildman–Crippen LogP) is 1.67. The number of halogens is 1. The van der Waals surface area contributed by atoms with Crippen LogP contribution in [-0.2, 0) is 4.74 Å². The second kappa shape index (κ2) is 1.48. The lowest BCUT2D eigenvalue weighted by atomic mass is 9.88. The molecule has 1 heterocycles. The molecule has 1 nitrogen and oxygen atoms in total. The largest absolute Gasteiger partial charge is 0.366 e. The molecule has 0 aromatic heterocycles. The fraction of sp³-hybridized carbons (Fsp3) is 1.00. The molecule has 2 rings (SSSR count). The van der Waals surface area contributed by atoms with Gasteiger partial charge in [0, 0.05) is 0 Å². The van der Waals surface area contributed by atoms with Gasteiger partial charge in [-0.2, -0.15) is 0 Å². The molecule has 1 aliphatic carbocycles. The van der Waals surface area contributed by atoms with Crippen molar-refractivity contribution in [3.8, 4) is 0 Å². The summed E-state index contributed by atoms with van der Waals surface area (Å²) in [5.74, 6) is 0. The van der Waals surface area contributed by atoms with Gasteiger partial charge in [-0.05, 0) is 26.2 Å². The van der Waals surface area contributed by atoms with Gasteiger partial charge < -0.3 is 4.74 Å². The molecule has 0 aromatic carbocycles. The Morgan fingerprint density at radius 3 is 3.00 bits per heavy atom. The Hall–Kier alpha value is -0.110. The zero-order chi connectivity index (χ0) is 6.48. The minimum atomic E-state index is -1.01. The van der Waals surface area contributed by atoms with Gasteiger partial charge in [0.1, 0.15) is 11.8 Å². The van der Waals surface area contributed by atoms with E-state index in [1.165, 1.54) is 0 Å². The SMILES string of the molecule is CC1(F)CCC[C@@H]2O[C@@H]21. The highest BCUT2D eigenvalue weighted by atomic mass is 19.1. The molecule has 0 amide bonds. The molecule has 2 fully saturated rings. The van der Waals surface area contributed by atoms with E-state index in [2.05, 4.69) is 0 Å². The van der Waals surface area contributed by atoms with Crippen molar-refractivity contribution >= 4 is 0 Å². The maximum absolute atomic E-state index is 13.2. The first-order valence-electron chi connectivity index (χ1n) is 3.54. The lowest BCUT2D eigenvalue weighted by molar-refractivity contribution is 0.122. The van der Waals surface area contributed by atoms with Crippen molar-refractivity contribution < 1.29 is 9.13 Å². The Balaban J connectivity index is 2.09. The highest BCUT2D eigenvalue weighted by molar-refractivity contribution is 5.02. The molecular weight excluding hydrogens is 119 g/mol. The third-order valence-corrected chi connectivity index (χ3v) is 2.33. The molecule has 0 N–H and O–H groups in total. The summed E-state index contributed by atoms with van der Waals surface area (Å²) in [4.78, 5) is 0. The second-order valence-electron chi connectivity index (χ2n) is 3.27. The molecule has 1 saturated heterocycles. The van der Waals surface area contributed by atoms with Crippen molar-refractivity contribution in [2.45, 2.75) is 44.1 Å². The van der Waals surface area contributed by atoms with Crippen molar-refractivity contribution in [3.05, 3.63) is 0 Å². The van der Waals surface area contributed by atoms with Gasteiger partial charge in [0.2, 0.25) is 0 Å². The summed E-state index contributed by atoms with van der Waals surface area (Å²) in [5, 5.41) is 0. The van der Waals surface area contributed by atoms with Crippen molar-refractivity contribution in [2.24, 2.45) is 0 Å². The smallest absolute Gasteiger partial charge is 0.136 e. The van der Waals surface area contributed by atoms with Crippen LogP contribution in [0.2, 0.25) is 0 Å². The molecule has 9 heavy (non-hydrogen) atoms. The predicted molar refractivity (Wildman–Crippen MR) is 32.0 cm³/mol. The van der Waals surface area contributed by atoms with Crippen LogP contribution < -0.4 is 0 Å². The molecule has 2 heteroatoms. The minimum Gasteiger partial charge on any atom is -0.366 e. The Labute approximate surface area is 54.2 Å². The molecule has 2 aliphatic rings. The topological polar surface area (TPSA) is 12.5 Å². The number of fused-ring (bicyclic) bond motifs is 1. The molecule has 3 atom stereocenters. The maximum Gasteiger partial charge on any atom is 0.136 e. The number of hydrogen-bond acceptors (Lipinski definition) is 1. The number of epoxide rings is 1. The number of alkyl halides is 1.